The van der Waals surface area contributed by atoms with E-state index in [0.717, 1.165) is 12.0 Å². The summed E-state index contributed by atoms with van der Waals surface area (Å²) in [5.74, 6) is 0. The van der Waals surface area contributed by atoms with Crippen molar-refractivity contribution >= 4 is 5.57 Å². The van der Waals surface area contributed by atoms with Crippen LogP contribution in [-0.2, 0) is 6.42 Å². The fourth-order valence-corrected chi connectivity index (χ4v) is 2.28. The lowest BCUT2D eigenvalue weighted by Crippen LogP contribution is -2.00. The highest BCUT2D eigenvalue weighted by Crippen LogP contribution is 2.24. The molecule has 0 heterocycles. The lowest BCUT2D eigenvalue weighted by Gasteiger charge is -2.12. The second kappa shape index (κ2) is 21.2. The van der Waals surface area contributed by atoms with Crippen LogP contribution in [0.2, 0.25) is 0 Å². The first-order valence-electron chi connectivity index (χ1n) is 10.5. The number of hydrogen-bond donors (Lipinski definition) is 0. The van der Waals surface area contributed by atoms with Crippen LogP contribution in [0.5, 0.6) is 0 Å². The summed E-state index contributed by atoms with van der Waals surface area (Å²) in [4.78, 5) is 0. The highest BCUT2D eigenvalue weighted by Gasteiger charge is 2.05. The van der Waals surface area contributed by atoms with E-state index < -0.39 is 0 Å². The molecule has 31 heavy (non-hydrogen) atoms. The molecule has 0 heteroatoms. The summed E-state index contributed by atoms with van der Waals surface area (Å²) in [6, 6.07) is 15.1. The van der Waals surface area contributed by atoms with Crippen LogP contribution in [0.15, 0.2) is 62.2 Å². The molecule has 0 bridgehead atoms. The molecule has 2 aromatic carbocycles. The molecule has 0 aliphatic carbocycles. The minimum absolute atomic E-state index is 0. The van der Waals surface area contributed by atoms with E-state index in [4.69, 9.17) is 0 Å². The zero-order valence-corrected chi connectivity index (χ0v) is 20.1. The fourth-order valence-electron chi connectivity index (χ4n) is 2.28. The normalized spacial score (nSPS) is 8.68. The molecule has 0 saturated carbocycles. The topological polar surface area (TPSA) is 0 Å². The molecular formula is C31H56. The summed E-state index contributed by atoms with van der Waals surface area (Å²) < 4.78 is 0. The van der Waals surface area contributed by atoms with Crippen LogP contribution in [0.3, 0.4) is 0 Å². The Morgan fingerprint density at radius 1 is 0.806 bits per heavy atom. The highest BCUT2D eigenvalue weighted by atomic mass is 14.1. The average molecular weight is 429 g/mol. The molecule has 2 aromatic rings. The Labute approximate surface area is 198 Å². The van der Waals surface area contributed by atoms with Crippen molar-refractivity contribution in [2.75, 3.05) is 0 Å². The van der Waals surface area contributed by atoms with Crippen molar-refractivity contribution < 1.29 is 0 Å². The molecule has 2 rings (SSSR count). The van der Waals surface area contributed by atoms with Gasteiger partial charge in [0.05, 0.1) is 0 Å². The van der Waals surface area contributed by atoms with Crippen molar-refractivity contribution in [3.8, 4) is 0 Å². The van der Waals surface area contributed by atoms with E-state index in [1.54, 1.807) is 0 Å². The Balaban J connectivity index is -0.000000150. The first-order chi connectivity index (χ1) is 13.2. The molecule has 0 N–H and O–H groups in total. The summed E-state index contributed by atoms with van der Waals surface area (Å²) in [5.41, 5.74) is 8.11. The molecule has 0 fully saturated rings. The Hall–Kier alpha value is -2.08. The van der Waals surface area contributed by atoms with Gasteiger partial charge in [-0.2, -0.15) is 0 Å². The third-order valence-corrected chi connectivity index (χ3v) is 4.50. The first-order valence-corrected chi connectivity index (χ1v) is 10.5. The molecule has 0 unspecified atom stereocenters. The van der Waals surface area contributed by atoms with Crippen LogP contribution in [-0.4, -0.2) is 0 Å². The van der Waals surface area contributed by atoms with Crippen molar-refractivity contribution in [3.63, 3.8) is 0 Å². The molecule has 0 amide bonds. The lowest BCUT2D eigenvalue weighted by atomic mass is 9.94. The monoisotopic (exact) mass is 428 g/mol. The molecule has 180 valence electrons. The van der Waals surface area contributed by atoms with Gasteiger partial charge in [-0.3, -0.25) is 0 Å². The predicted molar refractivity (Wildman–Crippen MR) is 152 cm³/mol. The van der Waals surface area contributed by atoms with Gasteiger partial charge in [-0.1, -0.05) is 132 Å². The molecule has 0 saturated heterocycles. The number of hydrogen-bond acceptors (Lipinski definition) is 0. The largest absolute Gasteiger partial charge is 0.106 e. The van der Waals surface area contributed by atoms with Crippen LogP contribution < -0.4 is 0 Å². The Morgan fingerprint density at radius 2 is 1.26 bits per heavy atom. The second-order valence-corrected chi connectivity index (χ2v) is 7.76. The molecule has 0 nitrogen and oxygen atoms in total. The number of aryl methyl sites for hydroxylation is 3. The third-order valence-electron chi connectivity index (χ3n) is 4.50. The first kappa shape index (κ1) is 39.4. The van der Waals surface area contributed by atoms with Crippen LogP contribution in [0.25, 0.3) is 5.57 Å². The van der Waals surface area contributed by atoms with Gasteiger partial charge >= 0.3 is 0 Å². The van der Waals surface area contributed by atoms with Gasteiger partial charge < -0.3 is 0 Å². The molecule has 0 aliphatic heterocycles. The van der Waals surface area contributed by atoms with Gasteiger partial charge in [-0.15, -0.1) is 13.2 Å². The molecule has 0 spiro atoms. The standard InChI is InChI=1S/C18H20.C6H14.C2H6.C2H4.3CH4/c1-5-16-9-10-18(12-14(16)3)15(4)17-8-6-7-13(2)11-17;1-5-6(2,3)4;2*1-2;;;/h6-12H,4-5H2,1-3H3;5H2,1-4H3;1-2H3;1-2H2;3*1H4. The molecular weight excluding hydrogens is 372 g/mol. The molecule has 0 radical (unpaired) electrons. The minimum atomic E-state index is 0. The van der Waals surface area contributed by atoms with E-state index in [0.29, 0.717) is 5.41 Å². The minimum Gasteiger partial charge on any atom is -0.106 e. The lowest BCUT2D eigenvalue weighted by molar-refractivity contribution is 0.398. The number of rotatable bonds is 3. The van der Waals surface area contributed by atoms with Crippen LogP contribution >= 0.6 is 0 Å². The average Bonchev–Trinajstić information content (AvgIpc) is 2.70. The van der Waals surface area contributed by atoms with Gasteiger partial charge in [-0.05, 0) is 53.5 Å². The maximum atomic E-state index is 4.23. The highest BCUT2D eigenvalue weighted by molar-refractivity contribution is 5.78. The van der Waals surface area contributed by atoms with Gasteiger partial charge in [0.15, 0.2) is 0 Å². The van der Waals surface area contributed by atoms with Gasteiger partial charge in [0, 0.05) is 0 Å². The van der Waals surface area contributed by atoms with E-state index in [9.17, 15) is 0 Å². The van der Waals surface area contributed by atoms with E-state index >= 15 is 0 Å². The predicted octanol–water partition coefficient (Wildman–Crippen LogP) is 11.1. The molecule has 0 aromatic heterocycles. The smallest absolute Gasteiger partial charge is 0.0181 e. The van der Waals surface area contributed by atoms with Crippen molar-refractivity contribution in [2.24, 2.45) is 5.41 Å². The van der Waals surface area contributed by atoms with Gasteiger partial charge in [0.1, 0.15) is 0 Å². The third kappa shape index (κ3) is 16.3. The zero-order valence-electron chi connectivity index (χ0n) is 20.1. The Morgan fingerprint density at radius 3 is 1.61 bits per heavy atom. The van der Waals surface area contributed by atoms with E-state index in [2.05, 4.69) is 111 Å². The van der Waals surface area contributed by atoms with Gasteiger partial charge in [-0.25, -0.2) is 0 Å². The van der Waals surface area contributed by atoms with Crippen LogP contribution in [0.4, 0.5) is 0 Å². The quantitative estimate of drug-likeness (QED) is 0.426. The summed E-state index contributed by atoms with van der Waals surface area (Å²) in [7, 11) is 0. The summed E-state index contributed by atoms with van der Waals surface area (Å²) in [6.45, 7) is 29.6. The zero-order chi connectivity index (χ0) is 22.3. The van der Waals surface area contributed by atoms with Crippen molar-refractivity contribution in [1.82, 2.24) is 0 Å². The second-order valence-electron chi connectivity index (χ2n) is 7.76. The summed E-state index contributed by atoms with van der Waals surface area (Å²) >= 11 is 0. The van der Waals surface area contributed by atoms with Crippen molar-refractivity contribution in [1.29, 1.82) is 0 Å². The van der Waals surface area contributed by atoms with Crippen LogP contribution in [0.1, 0.15) is 105 Å². The number of benzene rings is 2. The van der Waals surface area contributed by atoms with E-state index in [1.165, 1.54) is 34.2 Å². The maximum Gasteiger partial charge on any atom is -0.0181 e. The maximum absolute atomic E-state index is 4.23. The van der Waals surface area contributed by atoms with Crippen molar-refractivity contribution in [3.05, 3.63) is 90.0 Å². The SMILES string of the molecule is C.C.C.C=C.C=C(c1cccc(C)c1)c1ccc(CC)c(C)c1.CC.CCC(C)(C)C. The summed E-state index contributed by atoms with van der Waals surface area (Å²) in [6.07, 6.45) is 2.36. The van der Waals surface area contributed by atoms with Gasteiger partial charge in [0.25, 0.3) is 0 Å². The molecule has 0 aliphatic rings. The fraction of sp³-hybridized carbons (Fsp3) is 0.484. The van der Waals surface area contributed by atoms with Gasteiger partial charge in [0.2, 0.25) is 0 Å². The Bertz CT molecular complexity index is 683. The molecule has 0 atom stereocenters. The van der Waals surface area contributed by atoms with E-state index in [-0.39, 0.29) is 22.3 Å². The van der Waals surface area contributed by atoms with Crippen LogP contribution in [0, 0.1) is 19.3 Å². The van der Waals surface area contributed by atoms with Crippen molar-refractivity contribution in [2.45, 2.75) is 97.4 Å². The van der Waals surface area contributed by atoms with E-state index in [1.807, 2.05) is 13.8 Å². The Kier molecular flexibility index (Phi) is 26.9. The summed E-state index contributed by atoms with van der Waals surface area (Å²) in [5, 5.41) is 0.